The maximum atomic E-state index is 11.4. The van der Waals surface area contributed by atoms with Crippen LogP contribution in [0.5, 0.6) is 0 Å². The van der Waals surface area contributed by atoms with Crippen molar-refractivity contribution in [2.45, 2.75) is 6.54 Å². The van der Waals surface area contributed by atoms with Crippen LogP contribution in [0.15, 0.2) is 54.3 Å². The molecule has 0 aliphatic heterocycles. The van der Waals surface area contributed by atoms with Crippen molar-refractivity contribution < 1.29 is 4.73 Å². The molecule has 0 fully saturated rings. The fourth-order valence-corrected chi connectivity index (χ4v) is 3.14. The summed E-state index contributed by atoms with van der Waals surface area (Å²) in [6.45, 7) is 0.492. The number of thiophene rings is 1. The molecule has 4 aromatic rings. The van der Waals surface area contributed by atoms with Crippen LogP contribution in [0.3, 0.4) is 0 Å². The molecule has 4 aromatic heterocycles. The minimum atomic E-state index is 0.492. The number of hydrogen-bond donors (Lipinski definition) is 1. The third-order valence-electron chi connectivity index (χ3n) is 3.58. The summed E-state index contributed by atoms with van der Waals surface area (Å²) < 4.78 is 2.45. The van der Waals surface area contributed by atoms with Gasteiger partial charge in [0.2, 0.25) is 0 Å². The van der Waals surface area contributed by atoms with Gasteiger partial charge in [0, 0.05) is 30.4 Å². The molecule has 6 nitrogen and oxygen atoms in total. The van der Waals surface area contributed by atoms with Crippen molar-refractivity contribution >= 4 is 36.1 Å². The zero-order valence-corrected chi connectivity index (χ0v) is 13.4. The van der Waals surface area contributed by atoms with Crippen molar-refractivity contribution in [2.75, 3.05) is 5.32 Å². The van der Waals surface area contributed by atoms with E-state index in [1.54, 1.807) is 28.1 Å². The molecule has 0 unspecified atom stereocenters. The highest BCUT2D eigenvalue weighted by Crippen LogP contribution is 2.25. The summed E-state index contributed by atoms with van der Waals surface area (Å²) in [5.74, 6) is 0.765. The van der Waals surface area contributed by atoms with E-state index in [9.17, 15) is 5.21 Å². The number of fused-ring (bicyclic) bond motifs is 1. The van der Waals surface area contributed by atoms with Crippen LogP contribution in [0.1, 0.15) is 5.56 Å². The Bertz CT molecular complexity index is 999. The first kappa shape index (κ1) is 14.7. The van der Waals surface area contributed by atoms with Gasteiger partial charge in [0.05, 0.1) is 10.6 Å². The van der Waals surface area contributed by atoms with E-state index >= 15 is 0 Å². The van der Waals surface area contributed by atoms with Gasteiger partial charge in [-0.2, -0.15) is 14.3 Å². The molecule has 0 aliphatic carbocycles. The summed E-state index contributed by atoms with van der Waals surface area (Å²) in [4.78, 5) is 5.65. The third kappa shape index (κ3) is 2.72. The predicted octanol–water partition coefficient (Wildman–Crippen LogP) is 1.50. The fraction of sp³-hybridized carbons (Fsp3) is 0.0625. The molecule has 0 amide bonds. The van der Waals surface area contributed by atoms with E-state index in [1.807, 2.05) is 29.6 Å². The van der Waals surface area contributed by atoms with Crippen LogP contribution >= 0.6 is 11.3 Å². The summed E-state index contributed by atoms with van der Waals surface area (Å²) in [5, 5.41) is 21.0. The van der Waals surface area contributed by atoms with Gasteiger partial charge in [-0.25, -0.2) is 4.98 Å². The number of rotatable bonds is 4. The van der Waals surface area contributed by atoms with Crippen molar-refractivity contribution in [3.8, 4) is 10.6 Å². The lowest BCUT2D eigenvalue weighted by Gasteiger charge is -2.10. The van der Waals surface area contributed by atoms with E-state index in [2.05, 4.69) is 15.4 Å². The van der Waals surface area contributed by atoms with Crippen molar-refractivity contribution in [1.29, 1.82) is 0 Å². The molecule has 0 atom stereocenters. The second-order valence-electron chi connectivity index (χ2n) is 5.26. The molecule has 1 N–H and O–H groups in total. The second-order valence-corrected chi connectivity index (χ2v) is 6.21. The van der Waals surface area contributed by atoms with E-state index in [4.69, 9.17) is 7.85 Å². The van der Waals surface area contributed by atoms with E-state index in [-0.39, 0.29) is 0 Å². The lowest BCUT2D eigenvalue weighted by atomic mass is 10.0. The summed E-state index contributed by atoms with van der Waals surface area (Å²) in [7, 11) is 5.98. The Morgan fingerprint density at radius 2 is 2.25 bits per heavy atom. The minimum Gasteiger partial charge on any atom is -0.619 e. The van der Waals surface area contributed by atoms with Crippen molar-refractivity contribution in [1.82, 2.24) is 14.6 Å². The van der Waals surface area contributed by atoms with Crippen LogP contribution < -0.4 is 15.5 Å². The zero-order valence-electron chi connectivity index (χ0n) is 12.6. The average Bonchev–Trinajstić information content (AvgIpc) is 3.23. The maximum absolute atomic E-state index is 11.4. The molecule has 8 heteroatoms. The average molecular weight is 333 g/mol. The fourth-order valence-electron chi connectivity index (χ4n) is 2.45. The monoisotopic (exact) mass is 333 g/mol. The van der Waals surface area contributed by atoms with Gasteiger partial charge in [-0.1, -0.05) is 6.07 Å². The van der Waals surface area contributed by atoms with Crippen LogP contribution in [0.2, 0.25) is 0 Å². The quantitative estimate of drug-likeness (QED) is 0.349. The minimum absolute atomic E-state index is 0.492. The van der Waals surface area contributed by atoms with Gasteiger partial charge in [0.15, 0.2) is 18.0 Å². The lowest BCUT2D eigenvalue weighted by Crippen LogP contribution is -2.25. The molecule has 0 saturated heterocycles. The predicted molar refractivity (Wildman–Crippen MR) is 94.4 cm³/mol. The van der Waals surface area contributed by atoms with E-state index < -0.39 is 0 Å². The first-order chi connectivity index (χ1) is 11.7. The van der Waals surface area contributed by atoms with E-state index in [1.165, 1.54) is 12.4 Å². The molecule has 4 heterocycles. The summed E-state index contributed by atoms with van der Waals surface area (Å²) in [5.41, 5.74) is 2.83. The number of aromatic nitrogens is 4. The Morgan fingerprint density at radius 3 is 3.04 bits per heavy atom. The van der Waals surface area contributed by atoms with Gasteiger partial charge in [-0.05, 0) is 23.0 Å². The number of hydrogen-bond acceptors (Lipinski definition) is 5. The first-order valence-corrected chi connectivity index (χ1v) is 8.18. The molecule has 0 aromatic carbocycles. The van der Waals surface area contributed by atoms with Gasteiger partial charge >= 0.3 is 0 Å². The van der Waals surface area contributed by atoms with Crippen molar-refractivity contribution in [3.63, 3.8) is 0 Å². The van der Waals surface area contributed by atoms with Gasteiger partial charge in [-0.3, -0.25) is 0 Å². The second kappa shape index (κ2) is 5.97. The Kier molecular flexibility index (Phi) is 3.66. The smallest absolute Gasteiger partial charge is 0.185 e. The molecule has 0 aliphatic rings. The molecule has 0 bridgehead atoms. The molecule has 2 radical (unpaired) electrons. The Morgan fingerprint density at radius 1 is 1.33 bits per heavy atom. The van der Waals surface area contributed by atoms with Crippen molar-refractivity contribution in [3.05, 3.63) is 65.1 Å². The van der Waals surface area contributed by atoms with Crippen molar-refractivity contribution in [2.24, 2.45) is 0 Å². The molecular weight excluding hydrogens is 321 g/mol. The highest BCUT2D eigenvalue weighted by molar-refractivity contribution is 7.13. The van der Waals surface area contributed by atoms with E-state index in [0.29, 0.717) is 17.7 Å². The number of anilines is 1. The summed E-state index contributed by atoms with van der Waals surface area (Å²) in [6, 6.07) is 9.53. The lowest BCUT2D eigenvalue weighted by molar-refractivity contribution is -0.605. The summed E-state index contributed by atoms with van der Waals surface area (Å²) in [6.07, 6.45) is 4.57. The van der Waals surface area contributed by atoms with Crippen LogP contribution in [0, 0.1) is 5.21 Å². The SMILES string of the molecule is [B]c1cnn2c(NCc3ccc[n+]([O-])c3)cc(-c3cccs3)nc12. The van der Waals surface area contributed by atoms with Crippen LogP contribution in [-0.2, 0) is 6.54 Å². The molecule has 0 spiro atoms. The highest BCUT2D eigenvalue weighted by atomic mass is 32.1. The molecule has 0 saturated carbocycles. The molecule has 116 valence electrons. The van der Waals surface area contributed by atoms with Gasteiger partial charge in [-0.15, -0.1) is 11.3 Å². The largest absolute Gasteiger partial charge is 0.619 e. The standard InChI is InChI=1S/C16H12BN5OS/c17-12-9-19-22-15(18-8-11-3-1-5-21(23)10-11)7-13(20-16(12)22)14-4-2-6-24-14/h1-7,9-10,18H,8H2. The van der Waals surface area contributed by atoms with Crippen LogP contribution in [0.25, 0.3) is 16.2 Å². The van der Waals surface area contributed by atoms with Crippen LogP contribution in [-0.4, -0.2) is 22.4 Å². The van der Waals surface area contributed by atoms with Gasteiger partial charge in [0.1, 0.15) is 13.7 Å². The number of pyridine rings is 1. The van der Waals surface area contributed by atoms with Gasteiger partial charge in [0.25, 0.3) is 0 Å². The number of nitrogens with zero attached hydrogens (tertiary/aromatic N) is 4. The Labute approximate surface area is 143 Å². The molecular formula is C16H12BN5OS. The highest BCUT2D eigenvalue weighted by Gasteiger charge is 2.11. The maximum Gasteiger partial charge on any atom is 0.185 e. The van der Waals surface area contributed by atoms with E-state index in [0.717, 1.165) is 26.7 Å². The first-order valence-electron chi connectivity index (χ1n) is 7.30. The molecule has 24 heavy (non-hydrogen) atoms. The third-order valence-corrected chi connectivity index (χ3v) is 4.48. The Balaban J connectivity index is 1.73. The zero-order chi connectivity index (χ0) is 16.5. The number of nitrogens with one attached hydrogen (secondary N) is 1. The topological polar surface area (TPSA) is 69.2 Å². The molecule has 4 rings (SSSR count). The normalized spacial score (nSPS) is 11.0. The summed E-state index contributed by atoms with van der Waals surface area (Å²) >= 11 is 1.61. The Hall–Kier alpha value is -2.87. The van der Waals surface area contributed by atoms with Crippen LogP contribution in [0.4, 0.5) is 5.82 Å². The van der Waals surface area contributed by atoms with Gasteiger partial charge < -0.3 is 10.5 Å².